The number of thiazole rings is 1. The van der Waals surface area contributed by atoms with Crippen LogP contribution in [0.25, 0.3) is 10.6 Å². The molecule has 1 aromatic heterocycles. The number of rotatable bonds is 3. The van der Waals surface area contributed by atoms with Gasteiger partial charge in [0.2, 0.25) is 0 Å². The number of carbonyl (C=O) groups is 1. The molecule has 2 nitrogen and oxygen atoms in total. The van der Waals surface area contributed by atoms with Crippen molar-refractivity contribution in [2.45, 2.75) is 20.3 Å². The van der Waals surface area contributed by atoms with Gasteiger partial charge in [0, 0.05) is 17.9 Å². The second kappa shape index (κ2) is 4.58. The first-order valence-corrected chi connectivity index (χ1v) is 6.15. The van der Waals surface area contributed by atoms with Crippen molar-refractivity contribution >= 4 is 17.1 Å². The zero-order chi connectivity index (χ0) is 11.5. The normalized spacial score (nSPS) is 10.4. The molecule has 0 unspecified atom stereocenters. The highest BCUT2D eigenvalue weighted by Crippen LogP contribution is 2.27. The van der Waals surface area contributed by atoms with E-state index in [0.717, 1.165) is 17.0 Å². The molecule has 1 aromatic carbocycles. The molecule has 82 valence electrons. The Morgan fingerprint density at radius 2 is 2.12 bits per heavy atom. The molecule has 0 amide bonds. The molecule has 0 saturated carbocycles. The lowest BCUT2D eigenvalue weighted by atomic mass is 10.1. The fourth-order valence-corrected chi connectivity index (χ4v) is 2.52. The van der Waals surface area contributed by atoms with Crippen LogP contribution in [0.5, 0.6) is 0 Å². The number of ketones is 1. The van der Waals surface area contributed by atoms with E-state index in [2.05, 4.69) is 24.0 Å². The van der Waals surface area contributed by atoms with E-state index in [1.165, 1.54) is 16.9 Å². The maximum atomic E-state index is 11.2. The van der Waals surface area contributed by atoms with Gasteiger partial charge < -0.3 is 0 Å². The third kappa shape index (κ3) is 2.04. The minimum atomic E-state index is 0.0245. The number of hydrogen-bond donors (Lipinski definition) is 0. The van der Waals surface area contributed by atoms with Gasteiger partial charge in [0.05, 0.1) is 0 Å². The Bertz CT molecular complexity index is 516. The zero-order valence-electron chi connectivity index (χ0n) is 9.36. The highest BCUT2D eigenvalue weighted by Gasteiger charge is 2.09. The van der Waals surface area contributed by atoms with Crippen LogP contribution in [-0.4, -0.2) is 10.8 Å². The van der Waals surface area contributed by atoms with Gasteiger partial charge in [-0.15, -0.1) is 11.3 Å². The van der Waals surface area contributed by atoms with E-state index in [4.69, 9.17) is 0 Å². The summed E-state index contributed by atoms with van der Waals surface area (Å²) in [6.07, 6.45) is 0.977. The van der Waals surface area contributed by atoms with Crippen molar-refractivity contribution < 1.29 is 4.79 Å². The number of aryl methyl sites for hydroxylation is 1. The van der Waals surface area contributed by atoms with Crippen LogP contribution in [0.15, 0.2) is 29.6 Å². The predicted octanol–water partition coefficient (Wildman–Crippen LogP) is 3.58. The largest absolute Gasteiger partial charge is 0.293 e. The monoisotopic (exact) mass is 231 g/mol. The maximum Gasteiger partial charge on any atom is 0.178 e. The molecule has 0 aliphatic heterocycles. The lowest BCUT2D eigenvalue weighted by Crippen LogP contribution is -1.92. The molecule has 0 radical (unpaired) electrons. The summed E-state index contributed by atoms with van der Waals surface area (Å²) in [5.74, 6) is 0.0245. The molecule has 0 N–H and O–H groups in total. The molecule has 3 heteroatoms. The summed E-state index contributed by atoms with van der Waals surface area (Å²) in [5, 5.41) is 2.76. The first-order valence-electron chi connectivity index (χ1n) is 5.27. The van der Waals surface area contributed by atoms with Crippen molar-refractivity contribution in [1.29, 1.82) is 0 Å². The third-order valence-corrected chi connectivity index (χ3v) is 3.37. The lowest BCUT2D eigenvalue weighted by molar-refractivity contribution is 0.101. The fraction of sp³-hybridized carbons (Fsp3) is 0.231. The summed E-state index contributed by atoms with van der Waals surface area (Å²) < 4.78 is 0. The number of nitrogens with zero attached hydrogens (tertiary/aromatic N) is 1. The number of hydrogen-bond acceptors (Lipinski definition) is 3. The van der Waals surface area contributed by atoms with E-state index in [0.29, 0.717) is 5.69 Å². The lowest BCUT2D eigenvalue weighted by Gasteiger charge is -2.03. The molecule has 0 spiro atoms. The van der Waals surface area contributed by atoms with Gasteiger partial charge in [-0.05, 0) is 12.0 Å². The second-order valence-electron chi connectivity index (χ2n) is 3.60. The number of aromatic nitrogens is 1. The summed E-state index contributed by atoms with van der Waals surface area (Å²) in [7, 11) is 0. The summed E-state index contributed by atoms with van der Waals surface area (Å²) in [6.45, 7) is 3.67. The van der Waals surface area contributed by atoms with Gasteiger partial charge in [0.15, 0.2) is 5.78 Å². The van der Waals surface area contributed by atoms with Gasteiger partial charge in [0.25, 0.3) is 0 Å². The zero-order valence-corrected chi connectivity index (χ0v) is 10.2. The summed E-state index contributed by atoms with van der Waals surface area (Å²) in [4.78, 5) is 15.5. The fourth-order valence-electron chi connectivity index (χ4n) is 1.60. The summed E-state index contributed by atoms with van der Waals surface area (Å²) >= 11 is 1.53. The van der Waals surface area contributed by atoms with Crippen LogP contribution in [0.1, 0.15) is 29.9 Å². The van der Waals surface area contributed by atoms with E-state index in [1.54, 1.807) is 6.92 Å². The molecular weight excluding hydrogens is 218 g/mol. The number of carbonyl (C=O) groups excluding carboxylic acids is 1. The second-order valence-corrected chi connectivity index (χ2v) is 4.46. The standard InChI is InChI=1S/C13H13NOS/c1-3-10-6-4-5-7-11(10)13-14-12(8-16-13)9(2)15/h4-8H,3H2,1-2H3. The average molecular weight is 231 g/mol. The van der Waals surface area contributed by atoms with Crippen LogP contribution < -0.4 is 0 Å². The summed E-state index contributed by atoms with van der Waals surface area (Å²) in [6, 6.07) is 8.19. The molecule has 0 aliphatic carbocycles. The van der Waals surface area contributed by atoms with E-state index >= 15 is 0 Å². The molecular formula is C13H13NOS. The smallest absolute Gasteiger partial charge is 0.178 e. The van der Waals surface area contributed by atoms with Crippen LogP contribution in [0.4, 0.5) is 0 Å². The van der Waals surface area contributed by atoms with Crippen molar-refractivity contribution in [2.75, 3.05) is 0 Å². The van der Waals surface area contributed by atoms with Crippen LogP contribution in [-0.2, 0) is 6.42 Å². The predicted molar refractivity (Wildman–Crippen MR) is 66.9 cm³/mol. The van der Waals surface area contributed by atoms with Gasteiger partial charge >= 0.3 is 0 Å². The maximum absolute atomic E-state index is 11.2. The number of benzene rings is 1. The topological polar surface area (TPSA) is 30.0 Å². The molecule has 0 bridgehead atoms. The van der Waals surface area contributed by atoms with Crippen LogP contribution in [0.3, 0.4) is 0 Å². The minimum absolute atomic E-state index is 0.0245. The molecule has 2 aromatic rings. The Balaban J connectivity index is 2.46. The third-order valence-electron chi connectivity index (χ3n) is 2.49. The Labute approximate surface area is 99.0 Å². The van der Waals surface area contributed by atoms with E-state index in [1.807, 2.05) is 17.5 Å². The molecule has 0 atom stereocenters. The van der Waals surface area contributed by atoms with E-state index in [-0.39, 0.29) is 5.78 Å². The van der Waals surface area contributed by atoms with Gasteiger partial charge in [-0.3, -0.25) is 4.79 Å². The van der Waals surface area contributed by atoms with Gasteiger partial charge in [-0.25, -0.2) is 4.98 Å². The molecule has 0 aliphatic rings. The average Bonchev–Trinajstić information content (AvgIpc) is 2.78. The van der Waals surface area contributed by atoms with Crippen LogP contribution in [0.2, 0.25) is 0 Å². The van der Waals surface area contributed by atoms with Crippen molar-refractivity contribution in [2.24, 2.45) is 0 Å². The van der Waals surface area contributed by atoms with Crippen molar-refractivity contribution in [3.8, 4) is 10.6 Å². The number of Topliss-reactive ketones (excluding diaryl/α,β-unsaturated/α-hetero) is 1. The van der Waals surface area contributed by atoms with Crippen molar-refractivity contribution in [3.63, 3.8) is 0 Å². The Hall–Kier alpha value is -1.48. The van der Waals surface area contributed by atoms with Gasteiger partial charge in [0.1, 0.15) is 10.7 Å². The van der Waals surface area contributed by atoms with Gasteiger partial charge in [-0.2, -0.15) is 0 Å². The Kier molecular flexibility index (Phi) is 3.15. The van der Waals surface area contributed by atoms with Crippen molar-refractivity contribution in [3.05, 3.63) is 40.9 Å². The minimum Gasteiger partial charge on any atom is -0.293 e. The Morgan fingerprint density at radius 3 is 2.75 bits per heavy atom. The highest BCUT2D eigenvalue weighted by atomic mass is 32.1. The SMILES string of the molecule is CCc1ccccc1-c1nc(C(C)=O)cs1. The molecule has 1 heterocycles. The van der Waals surface area contributed by atoms with Crippen molar-refractivity contribution in [1.82, 2.24) is 4.98 Å². The highest BCUT2D eigenvalue weighted by molar-refractivity contribution is 7.13. The first kappa shape index (κ1) is 11.0. The molecule has 0 fully saturated rings. The van der Waals surface area contributed by atoms with Crippen LogP contribution >= 0.6 is 11.3 Å². The van der Waals surface area contributed by atoms with Gasteiger partial charge in [-0.1, -0.05) is 31.2 Å². The summed E-state index contributed by atoms with van der Waals surface area (Å²) in [5.41, 5.74) is 2.97. The van der Waals surface area contributed by atoms with Crippen LogP contribution in [0, 0.1) is 0 Å². The van der Waals surface area contributed by atoms with E-state index < -0.39 is 0 Å². The first-order chi connectivity index (χ1) is 7.72. The molecule has 16 heavy (non-hydrogen) atoms. The molecule has 2 rings (SSSR count). The Morgan fingerprint density at radius 1 is 1.38 bits per heavy atom. The van der Waals surface area contributed by atoms with E-state index in [9.17, 15) is 4.79 Å². The quantitative estimate of drug-likeness (QED) is 0.756. The molecule has 0 saturated heterocycles.